The van der Waals surface area contributed by atoms with Crippen LogP contribution >= 0.6 is 0 Å². The fourth-order valence-electron chi connectivity index (χ4n) is 2.03. The Labute approximate surface area is 131 Å². The first-order valence-corrected chi connectivity index (χ1v) is 6.82. The summed E-state index contributed by atoms with van der Waals surface area (Å²) in [5, 5.41) is 18.0. The molecule has 0 saturated heterocycles. The average Bonchev–Trinajstić information content (AvgIpc) is 2.55. The summed E-state index contributed by atoms with van der Waals surface area (Å²) in [5.74, 6) is -3.29. The van der Waals surface area contributed by atoms with Gasteiger partial charge >= 0.3 is 5.97 Å². The first-order valence-electron chi connectivity index (χ1n) is 6.82. The van der Waals surface area contributed by atoms with Gasteiger partial charge in [0, 0.05) is 12.5 Å². The van der Waals surface area contributed by atoms with Gasteiger partial charge in [0.25, 0.3) is 0 Å². The van der Waals surface area contributed by atoms with Crippen molar-refractivity contribution in [1.82, 2.24) is 0 Å². The van der Waals surface area contributed by atoms with E-state index in [1.54, 1.807) is 12.1 Å². The maximum absolute atomic E-state index is 13.0. The lowest BCUT2D eigenvalue weighted by Gasteiger charge is -2.11. The Morgan fingerprint density at radius 2 is 1.87 bits per heavy atom. The van der Waals surface area contributed by atoms with Crippen molar-refractivity contribution < 1.29 is 23.4 Å². The minimum Gasteiger partial charge on any atom is -0.493 e. The van der Waals surface area contributed by atoms with Crippen LogP contribution < -0.4 is 4.74 Å². The highest BCUT2D eigenvalue weighted by atomic mass is 19.2. The third-order valence-corrected chi connectivity index (χ3v) is 3.28. The second-order valence-electron chi connectivity index (χ2n) is 4.82. The van der Waals surface area contributed by atoms with Crippen LogP contribution in [-0.2, 0) is 0 Å². The Morgan fingerprint density at radius 3 is 2.43 bits per heavy atom. The molecule has 0 fully saturated rings. The van der Waals surface area contributed by atoms with Crippen LogP contribution in [-0.4, -0.2) is 17.7 Å². The quantitative estimate of drug-likeness (QED) is 0.881. The number of halogens is 2. The van der Waals surface area contributed by atoms with Crippen molar-refractivity contribution in [2.24, 2.45) is 0 Å². The Hall–Kier alpha value is -2.94. The molecule has 0 aliphatic heterocycles. The summed E-state index contributed by atoms with van der Waals surface area (Å²) in [6.07, 6.45) is 0.335. The van der Waals surface area contributed by atoms with Crippen molar-refractivity contribution in [1.29, 1.82) is 5.26 Å². The Bertz CT molecular complexity index is 738. The molecule has 0 radical (unpaired) electrons. The number of hydrogen-bond donors (Lipinski definition) is 1. The fraction of sp³-hybridized carbons (Fsp3) is 0.176. The smallest absolute Gasteiger partial charge is 0.335 e. The minimum absolute atomic E-state index is 0.142. The first-order chi connectivity index (χ1) is 11.0. The molecule has 4 nitrogen and oxygen atoms in total. The van der Waals surface area contributed by atoms with Crippen molar-refractivity contribution in [2.75, 3.05) is 6.61 Å². The van der Waals surface area contributed by atoms with Gasteiger partial charge < -0.3 is 9.84 Å². The monoisotopic (exact) mass is 317 g/mol. The zero-order chi connectivity index (χ0) is 16.8. The normalized spacial score (nSPS) is 11.5. The lowest BCUT2D eigenvalue weighted by Crippen LogP contribution is -2.05. The summed E-state index contributed by atoms with van der Waals surface area (Å²) >= 11 is 0. The Balaban J connectivity index is 1.95. The van der Waals surface area contributed by atoms with E-state index in [0.29, 0.717) is 12.0 Å². The van der Waals surface area contributed by atoms with E-state index < -0.39 is 23.5 Å². The third kappa shape index (κ3) is 4.27. The van der Waals surface area contributed by atoms with Gasteiger partial charge in [-0.1, -0.05) is 12.1 Å². The van der Waals surface area contributed by atoms with Crippen LogP contribution in [0.2, 0.25) is 0 Å². The van der Waals surface area contributed by atoms with E-state index in [1.807, 2.05) is 0 Å². The molecular formula is C17H13F2NO3. The topological polar surface area (TPSA) is 70.3 Å². The molecule has 1 N–H and O–H groups in total. The maximum atomic E-state index is 13.0. The van der Waals surface area contributed by atoms with Gasteiger partial charge in [0.05, 0.1) is 24.2 Å². The number of rotatable bonds is 6. The van der Waals surface area contributed by atoms with Gasteiger partial charge in [0.15, 0.2) is 11.6 Å². The molecule has 118 valence electrons. The fourth-order valence-corrected chi connectivity index (χ4v) is 2.03. The molecule has 0 aliphatic rings. The van der Waals surface area contributed by atoms with Gasteiger partial charge in [0.2, 0.25) is 0 Å². The molecule has 0 saturated carbocycles. The molecule has 23 heavy (non-hydrogen) atoms. The number of carboxylic acids is 1. The number of carbonyl (C=O) groups is 1. The lowest BCUT2D eigenvalue weighted by atomic mass is 9.96. The van der Waals surface area contributed by atoms with Gasteiger partial charge in [-0.2, -0.15) is 5.26 Å². The molecule has 1 atom stereocenters. The van der Waals surface area contributed by atoms with Crippen molar-refractivity contribution in [2.45, 2.75) is 12.3 Å². The van der Waals surface area contributed by atoms with Crippen LogP contribution in [0.4, 0.5) is 8.78 Å². The standard InChI is InChI=1S/C17H13F2NO3/c18-15-6-5-14(9-16(15)19)23-8-7-13(10-20)11-1-3-12(4-2-11)17(21)22/h1-6,9,13H,7-8H2,(H,21,22). The number of aromatic carboxylic acids is 1. The van der Waals surface area contributed by atoms with Crippen LogP contribution in [0.25, 0.3) is 0 Å². The number of nitrogens with zero attached hydrogens (tertiary/aromatic N) is 1. The predicted octanol–water partition coefficient (Wildman–Crippen LogP) is 3.74. The second-order valence-corrected chi connectivity index (χ2v) is 4.82. The van der Waals surface area contributed by atoms with E-state index in [-0.39, 0.29) is 17.9 Å². The van der Waals surface area contributed by atoms with E-state index in [4.69, 9.17) is 9.84 Å². The first kappa shape index (κ1) is 16.4. The van der Waals surface area contributed by atoms with Crippen molar-refractivity contribution in [3.8, 4) is 11.8 Å². The molecule has 0 amide bonds. The highest BCUT2D eigenvalue weighted by Crippen LogP contribution is 2.21. The molecule has 1 unspecified atom stereocenters. The molecule has 6 heteroatoms. The minimum atomic E-state index is -1.04. The number of hydrogen-bond acceptors (Lipinski definition) is 3. The summed E-state index contributed by atoms with van der Waals surface area (Å²) in [6, 6.07) is 11.3. The van der Waals surface area contributed by atoms with Crippen molar-refractivity contribution in [3.05, 3.63) is 65.2 Å². The molecule has 0 aliphatic carbocycles. The van der Waals surface area contributed by atoms with E-state index >= 15 is 0 Å². The van der Waals surface area contributed by atoms with E-state index in [0.717, 1.165) is 12.1 Å². The molecule has 0 spiro atoms. The lowest BCUT2D eigenvalue weighted by molar-refractivity contribution is 0.0697. The van der Waals surface area contributed by atoms with E-state index in [9.17, 15) is 18.8 Å². The van der Waals surface area contributed by atoms with Crippen molar-refractivity contribution in [3.63, 3.8) is 0 Å². The van der Waals surface area contributed by atoms with Gasteiger partial charge in [-0.05, 0) is 29.8 Å². The zero-order valence-electron chi connectivity index (χ0n) is 12.0. The predicted molar refractivity (Wildman–Crippen MR) is 78.2 cm³/mol. The van der Waals surface area contributed by atoms with E-state index in [1.165, 1.54) is 18.2 Å². The summed E-state index contributed by atoms with van der Waals surface area (Å²) in [4.78, 5) is 10.8. The molecule has 2 aromatic carbocycles. The molecule has 0 heterocycles. The number of benzene rings is 2. The largest absolute Gasteiger partial charge is 0.493 e. The summed E-state index contributed by atoms with van der Waals surface area (Å²) in [7, 11) is 0. The van der Waals surface area contributed by atoms with Crippen LogP contribution in [0.5, 0.6) is 5.75 Å². The SMILES string of the molecule is N#CC(CCOc1ccc(F)c(F)c1)c1ccc(C(=O)O)cc1. The summed E-state index contributed by atoms with van der Waals surface area (Å²) in [5.41, 5.74) is 0.815. The molecule has 0 bridgehead atoms. The highest BCUT2D eigenvalue weighted by molar-refractivity contribution is 5.87. The summed E-state index contributed by atoms with van der Waals surface area (Å²) < 4.78 is 31.1. The molecular weight excluding hydrogens is 304 g/mol. The second kappa shape index (κ2) is 7.36. The van der Waals surface area contributed by atoms with Crippen molar-refractivity contribution >= 4 is 5.97 Å². The van der Waals surface area contributed by atoms with Crippen LogP contribution in [0, 0.1) is 23.0 Å². The molecule has 2 aromatic rings. The van der Waals surface area contributed by atoms with Crippen LogP contribution in [0.3, 0.4) is 0 Å². The number of nitriles is 1. The van der Waals surface area contributed by atoms with Crippen LogP contribution in [0.1, 0.15) is 28.3 Å². The Morgan fingerprint density at radius 1 is 1.17 bits per heavy atom. The van der Waals surface area contributed by atoms with E-state index in [2.05, 4.69) is 6.07 Å². The van der Waals surface area contributed by atoms with Gasteiger partial charge in [-0.15, -0.1) is 0 Å². The number of carboxylic acid groups (broad SMARTS) is 1. The molecule has 2 rings (SSSR count). The van der Waals surface area contributed by atoms with Crippen LogP contribution in [0.15, 0.2) is 42.5 Å². The molecule has 0 aromatic heterocycles. The van der Waals surface area contributed by atoms with Gasteiger partial charge in [-0.25, -0.2) is 13.6 Å². The highest BCUT2D eigenvalue weighted by Gasteiger charge is 2.12. The average molecular weight is 317 g/mol. The third-order valence-electron chi connectivity index (χ3n) is 3.28. The van der Waals surface area contributed by atoms with Gasteiger partial charge in [-0.3, -0.25) is 0 Å². The Kier molecular flexibility index (Phi) is 5.26. The summed E-state index contributed by atoms with van der Waals surface area (Å²) in [6.45, 7) is 0.143. The zero-order valence-corrected chi connectivity index (χ0v) is 12.0. The number of ether oxygens (including phenoxy) is 1. The van der Waals surface area contributed by atoms with Gasteiger partial charge in [0.1, 0.15) is 5.75 Å². The maximum Gasteiger partial charge on any atom is 0.335 e.